The molecule has 0 aliphatic carbocycles. The van der Waals surface area contributed by atoms with Crippen molar-refractivity contribution in [2.75, 3.05) is 12.3 Å². The summed E-state index contributed by atoms with van der Waals surface area (Å²) in [6.07, 6.45) is 0. The molecule has 7 heteroatoms. The van der Waals surface area contributed by atoms with Gasteiger partial charge in [0.15, 0.2) is 5.16 Å². The molecule has 0 saturated heterocycles. The van der Waals surface area contributed by atoms with Gasteiger partial charge in [-0.1, -0.05) is 49.9 Å². The number of halogens is 1. The Morgan fingerprint density at radius 1 is 1.12 bits per heavy atom. The van der Waals surface area contributed by atoms with Crippen LogP contribution in [0.2, 0.25) is 0 Å². The van der Waals surface area contributed by atoms with Gasteiger partial charge in [-0.2, -0.15) is 0 Å². The average Bonchev–Trinajstić information content (AvgIpc) is 2.57. The van der Waals surface area contributed by atoms with Crippen LogP contribution in [0.15, 0.2) is 35.5 Å². The molecule has 1 unspecified atom stereocenters. The van der Waals surface area contributed by atoms with Crippen LogP contribution in [0.3, 0.4) is 0 Å². The molecule has 0 spiro atoms. The summed E-state index contributed by atoms with van der Waals surface area (Å²) >= 11 is 1.33. The molecular formula is C19H27ClN4OS. The number of hydrogen-bond donors (Lipinski definition) is 2. The molecule has 0 aliphatic rings. The molecule has 0 bridgehead atoms. The van der Waals surface area contributed by atoms with Crippen molar-refractivity contribution in [1.29, 1.82) is 0 Å². The lowest BCUT2D eigenvalue weighted by Gasteiger charge is -2.14. The molecule has 0 aliphatic heterocycles. The molecule has 1 aromatic heterocycles. The van der Waals surface area contributed by atoms with E-state index in [0.29, 0.717) is 17.6 Å². The first-order valence-corrected chi connectivity index (χ1v) is 9.41. The van der Waals surface area contributed by atoms with E-state index in [1.54, 1.807) is 0 Å². The third-order valence-corrected chi connectivity index (χ3v) is 4.69. The fraction of sp³-hybridized carbons (Fsp3) is 0.421. The average molecular weight is 395 g/mol. The zero-order valence-corrected chi connectivity index (χ0v) is 17.3. The van der Waals surface area contributed by atoms with Crippen molar-refractivity contribution in [3.8, 4) is 0 Å². The monoisotopic (exact) mass is 394 g/mol. The summed E-state index contributed by atoms with van der Waals surface area (Å²) < 4.78 is 0. The SMILES string of the molecule is Cc1cc(C)nc(SCC(=O)NCC(N)c2ccc(C(C)C)cc2)n1.Cl. The second-order valence-corrected chi connectivity index (χ2v) is 7.40. The van der Waals surface area contributed by atoms with Crippen molar-refractivity contribution in [1.82, 2.24) is 15.3 Å². The lowest BCUT2D eigenvalue weighted by Crippen LogP contribution is -2.33. The van der Waals surface area contributed by atoms with E-state index in [2.05, 4.69) is 41.3 Å². The molecule has 5 nitrogen and oxygen atoms in total. The van der Waals surface area contributed by atoms with Gasteiger partial charge in [-0.15, -0.1) is 12.4 Å². The van der Waals surface area contributed by atoms with Crippen LogP contribution in [0.1, 0.15) is 48.3 Å². The van der Waals surface area contributed by atoms with E-state index >= 15 is 0 Å². The summed E-state index contributed by atoms with van der Waals surface area (Å²) in [4.78, 5) is 20.7. The molecule has 1 atom stereocenters. The normalized spacial score (nSPS) is 11.8. The fourth-order valence-electron chi connectivity index (χ4n) is 2.41. The number of nitrogens with zero attached hydrogens (tertiary/aromatic N) is 2. The summed E-state index contributed by atoms with van der Waals surface area (Å²) in [5.74, 6) is 0.707. The third kappa shape index (κ3) is 6.94. The van der Waals surface area contributed by atoms with Gasteiger partial charge in [0.2, 0.25) is 5.91 Å². The Labute approximate surface area is 166 Å². The highest BCUT2D eigenvalue weighted by atomic mass is 35.5. The zero-order valence-electron chi connectivity index (χ0n) is 15.7. The Balaban J connectivity index is 0.00000338. The van der Waals surface area contributed by atoms with Crippen molar-refractivity contribution in [2.24, 2.45) is 5.73 Å². The van der Waals surface area contributed by atoms with Crippen molar-refractivity contribution in [3.63, 3.8) is 0 Å². The Bertz CT molecular complexity index is 702. The number of carbonyl (C=O) groups is 1. The highest BCUT2D eigenvalue weighted by Gasteiger charge is 2.10. The maximum Gasteiger partial charge on any atom is 0.230 e. The standard InChI is InChI=1S/C19H26N4OS.ClH/c1-12(2)15-5-7-16(8-6-15)17(20)10-21-18(24)11-25-19-22-13(3)9-14(4)23-19;/h5-9,12,17H,10-11,20H2,1-4H3,(H,21,24);1H. The number of aromatic nitrogens is 2. The molecule has 1 amide bonds. The van der Waals surface area contributed by atoms with Gasteiger partial charge in [0.1, 0.15) is 0 Å². The molecule has 2 aromatic rings. The highest BCUT2D eigenvalue weighted by Crippen LogP contribution is 2.18. The van der Waals surface area contributed by atoms with Gasteiger partial charge >= 0.3 is 0 Å². The van der Waals surface area contributed by atoms with Crippen LogP contribution in [-0.2, 0) is 4.79 Å². The van der Waals surface area contributed by atoms with Gasteiger partial charge in [0.25, 0.3) is 0 Å². The first-order chi connectivity index (χ1) is 11.8. The van der Waals surface area contributed by atoms with Crippen LogP contribution in [0.4, 0.5) is 0 Å². The van der Waals surface area contributed by atoms with Gasteiger partial charge in [0, 0.05) is 24.0 Å². The number of nitrogens with one attached hydrogen (secondary N) is 1. The predicted octanol–water partition coefficient (Wildman–Crippen LogP) is 3.55. The number of carbonyl (C=O) groups excluding carboxylic acids is 1. The topological polar surface area (TPSA) is 80.9 Å². The van der Waals surface area contributed by atoms with Crippen LogP contribution in [0.25, 0.3) is 0 Å². The minimum Gasteiger partial charge on any atom is -0.353 e. The van der Waals surface area contributed by atoms with E-state index in [9.17, 15) is 4.79 Å². The number of aryl methyl sites for hydroxylation is 2. The molecular weight excluding hydrogens is 368 g/mol. The third-order valence-electron chi connectivity index (χ3n) is 3.84. The van der Waals surface area contributed by atoms with Crippen LogP contribution in [0.5, 0.6) is 0 Å². The number of amides is 1. The van der Waals surface area contributed by atoms with E-state index in [-0.39, 0.29) is 30.1 Å². The summed E-state index contributed by atoms with van der Waals surface area (Å²) in [7, 11) is 0. The Morgan fingerprint density at radius 2 is 1.65 bits per heavy atom. The quantitative estimate of drug-likeness (QED) is 0.554. The summed E-state index contributed by atoms with van der Waals surface area (Å²) in [6, 6.07) is 9.94. The molecule has 0 saturated carbocycles. The number of rotatable bonds is 7. The maximum absolute atomic E-state index is 12.0. The lowest BCUT2D eigenvalue weighted by atomic mass is 9.99. The molecule has 26 heavy (non-hydrogen) atoms. The van der Waals surface area contributed by atoms with Gasteiger partial charge in [0.05, 0.1) is 5.75 Å². The van der Waals surface area contributed by atoms with E-state index in [4.69, 9.17) is 5.73 Å². The number of benzene rings is 1. The van der Waals surface area contributed by atoms with Gasteiger partial charge < -0.3 is 11.1 Å². The second-order valence-electron chi connectivity index (χ2n) is 6.45. The van der Waals surface area contributed by atoms with Gasteiger partial charge in [-0.25, -0.2) is 9.97 Å². The lowest BCUT2D eigenvalue weighted by molar-refractivity contribution is -0.118. The molecule has 3 N–H and O–H groups in total. The van der Waals surface area contributed by atoms with Crippen molar-refractivity contribution < 1.29 is 4.79 Å². The van der Waals surface area contributed by atoms with Crippen LogP contribution < -0.4 is 11.1 Å². The minimum absolute atomic E-state index is 0. The Morgan fingerprint density at radius 3 is 2.19 bits per heavy atom. The predicted molar refractivity (Wildman–Crippen MR) is 110 cm³/mol. The Hall–Kier alpha value is -1.63. The second kappa shape index (κ2) is 10.5. The molecule has 1 heterocycles. The minimum atomic E-state index is -0.215. The highest BCUT2D eigenvalue weighted by molar-refractivity contribution is 7.99. The van der Waals surface area contributed by atoms with Gasteiger partial charge in [-0.3, -0.25) is 4.79 Å². The molecule has 0 fully saturated rings. The van der Waals surface area contributed by atoms with Crippen LogP contribution >= 0.6 is 24.2 Å². The summed E-state index contributed by atoms with van der Waals surface area (Å²) in [5.41, 5.74) is 10.3. The number of nitrogens with two attached hydrogens (primary N) is 1. The smallest absolute Gasteiger partial charge is 0.230 e. The fourth-order valence-corrected chi connectivity index (χ4v) is 3.19. The van der Waals surface area contributed by atoms with Crippen LogP contribution in [-0.4, -0.2) is 28.2 Å². The van der Waals surface area contributed by atoms with Crippen molar-refractivity contribution in [3.05, 3.63) is 52.8 Å². The van der Waals surface area contributed by atoms with E-state index in [1.807, 2.05) is 32.0 Å². The van der Waals surface area contributed by atoms with E-state index < -0.39 is 0 Å². The van der Waals surface area contributed by atoms with Crippen molar-refractivity contribution in [2.45, 2.75) is 44.8 Å². The zero-order chi connectivity index (χ0) is 18.4. The molecule has 142 valence electrons. The largest absolute Gasteiger partial charge is 0.353 e. The first-order valence-electron chi connectivity index (χ1n) is 8.42. The summed E-state index contributed by atoms with van der Waals surface area (Å²) in [5, 5.41) is 3.50. The molecule has 0 radical (unpaired) electrons. The van der Waals surface area contributed by atoms with Gasteiger partial charge in [-0.05, 0) is 37.0 Å². The van der Waals surface area contributed by atoms with Crippen molar-refractivity contribution >= 4 is 30.1 Å². The number of hydrogen-bond acceptors (Lipinski definition) is 5. The van der Waals surface area contributed by atoms with Crippen LogP contribution in [0, 0.1) is 13.8 Å². The summed E-state index contributed by atoms with van der Waals surface area (Å²) in [6.45, 7) is 8.57. The van der Waals surface area contributed by atoms with E-state index in [0.717, 1.165) is 17.0 Å². The Kier molecular flexibility index (Phi) is 9.05. The maximum atomic E-state index is 12.0. The molecule has 2 rings (SSSR count). The number of thioether (sulfide) groups is 1. The molecule has 1 aromatic carbocycles. The van der Waals surface area contributed by atoms with E-state index in [1.165, 1.54) is 17.3 Å². The first kappa shape index (κ1) is 22.4.